The van der Waals surface area contributed by atoms with Gasteiger partial charge in [0.15, 0.2) is 0 Å². The maximum atomic E-state index is 6.03. The maximum absolute atomic E-state index is 6.03. The first kappa shape index (κ1) is 14.7. The van der Waals surface area contributed by atoms with E-state index in [0.29, 0.717) is 14.9 Å². The van der Waals surface area contributed by atoms with E-state index < -0.39 is 0 Å². The third-order valence-corrected chi connectivity index (χ3v) is 5.32. The van der Waals surface area contributed by atoms with Crippen LogP contribution in [-0.4, -0.2) is 4.83 Å². The van der Waals surface area contributed by atoms with E-state index in [2.05, 4.69) is 22.0 Å². The van der Waals surface area contributed by atoms with E-state index >= 15 is 0 Å². The van der Waals surface area contributed by atoms with Gasteiger partial charge in [-0.3, -0.25) is 0 Å². The predicted molar refractivity (Wildman–Crippen MR) is 84.1 cm³/mol. The number of hydrogen-bond donors (Lipinski definition) is 0. The van der Waals surface area contributed by atoms with Gasteiger partial charge in [0.25, 0.3) is 0 Å². The van der Waals surface area contributed by atoms with Crippen LogP contribution in [0.2, 0.25) is 10.0 Å². The molecular weight excluding hydrogens is 331 g/mol. The smallest absolute Gasteiger partial charge is 0.0595 e. The largest absolute Gasteiger partial charge is 0.0887 e. The lowest BCUT2D eigenvalue weighted by Gasteiger charge is -2.13. The van der Waals surface area contributed by atoms with Gasteiger partial charge in [-0.15, -0.1) is 0 Å². The summed E-state index contributed by atoms with van der Waals surface area (Å²) in [6, 6.07) is 5.93. The van der Waals surface area contributed by atoms with Crippen molar-refractivity contribution in [3.05, 3.63) is 33.8 Å². The average Bonchev–Trinajstić information content (AvgIpc) is 2.84. The highest BCUT2D eigenvalue weighted by Crippen LogP contribution is 2.31. The quantitative estimate of drug-likeness (QED) is 0.549. The molecule has 18 heavy (non-hydrogen) atoms. The van der Waals surface area contributed by atoms with Crippen LogP contribution in [0, 0.1) is 5.92 Å². The van der Waals surface area contributed by atoms with Crippen LogP contribution < -0.4 is 0 Å². The van der Waals surface area contributed by atoms with Gasteiger partial charge in [-0.05, 0) is 42.9 Å². The Kier molecular flexibility index (Phi) is 5.85. The summed E-state index contributed by atoms with van der Waals surface area (Å²) in [6.07, 6.45) is 9.39. The molecule has 1 aromatic carbocycles. The topological polar surface area (TPSA) is 0 Å². The Morgan fingerprint density at radius 3 is 2.56 bits per heavy atom. The summed E-state index contributed by atoms with van der Waals surface area (Å²) < 4.78 is 0. The Balaban J connectivity index is 1.78. The Morgan fingerprint density at radius 2 is 1.89 bits per heavy atom. The van der Waals surface area contributed by atoms with Crippen LogP contribution in [0.15, 0.2) is 18.2 Å². The van der Waals surface area contributed by atoms with Gasteiger partial charge in [0.1, 0.15) is 0 Å². The monoisotopic (exact) mass is 348 g/mol. The zero-order chi connectivity index (χ0) is 13.0. The number of benzene rings is 1. The summed E-state index contributed by atoms with van der Waals surface area (Å²) in [5, 5.41) is 1.29. The first-order valence-electron chi connectivity index (χ1n) is 6.73. The molecule has 3 heteroatoms. The van der Waals surface area contributed by atoms with E-state index in [1.807, 2.05) is 12.1 Å². The molecule has 1 aliphatic carbocycles. The van der Waals surface area contributed by atoms with E-state index in [4.69, 9.17) is 23.2 Å². The van der Waals surface area contributed by atoms with Gasteiger partial charge in [0.2, 0.25) is 0 Å². The van der Waals surface area contributed by atoms with Crippen molar-refractivity contribution in [2.24, 2.45) is 5.92 Å². The Labute approximate surface area is 128 Å². The van der Waals surface area contributed by atoms with Gasteiger partial charge in [0, 0.05) is 4.83 Å². The highest BCUT2D eigenvalue weighted by atomic mass is 79.9. The number of hydrogen-bond acceptors (Lipinski definition) is 0. The summed E-state index contributed by atoms with van der Waals surface area (Å²) in [4.78, 5) is 0.551. The zero-order valence-electron chi connectivity index (χ0n) is 10.5. The van der Waals surface area contributed by atoms with Crippen molar-refractivity contribution in [2.45, 2.75) is 49.8 Å². The Bertz CT molecular complexity index is 386. The minimum absolute atomic E-state index is 0.551. The fraction of sp³-hybridized carbons (Fsp3) is 0.600. The minimum Gasteiger partial charge on any atom is -0.0887 e. The van der Waals surface area contributed by atoms with Crippen molar-refractivity contribution in [1.29, 1.82) is 0 Å². The van der Waals surface area contributed by atoms with Crippen LogP contribution in [0.5, 0.6) is 0 Å². The third kappa shape index (κ3) is 4.43. The van der Waals surface area contributed by atoms with Gasteiger partial charge < -0.3 is 0 Å². The number of halogens is 3. The van der Waals surface area contributed by atoms with Crippen molar-refractivity contribution in [3.63, 3.8) is 0 Å². The van der Waals surface area contributed by atoms with Crippen molar-refractivity contribution in [1.82, 2.24) is 0 Å². The SMILES string of the molecule is Clc1ccc(CC(Br)CCC2CCCC2)cc1Cl. The van der Waals surface area contributed by atoms with Crippen LogP contribution in [0.25, 0.3) is 0 Å². The van der Waals surface area contributed by atoms with E-state index in [0.717, 1.165) is 12.3 Å². The first-order chi connectivity index (χ1) is 8.65. The summed E-state index contributed by atoms with van der Waals surface area (Å²) in [5.41, 5.74) is 1.26. The van der Waals surface area contributed by atoms with E-state index in [1.54, 1.807) is 0 Å². The maximum Gasteiger partial charge on any atom is 0.0595 e. The number of rotatable bonds is 5. The second-order valence-corrected chi connectivity index (χ2v) is 7.39. The number of alkyl halides is 1. The summed E-state index contributed by atoms with van der Waals surface area (Å²) >= 11 is 15.7. The molecule has 1 aliphatic rings. The molecule has 1 atom stereocenters. The lowest BCUT2D eigenvalue weighted by atomic mass is 9.98. The molecule has 0 nitrogen and oxygen atoms in total. The van der Waals surface area contributed by atoms with E-state index in [-0.39, 0.29) is 0 Å². The molecule has 0 heterocycles. The van der Waals surface area contributed by atoms with Crippen LogP contribution in [-0.2, 0) is 6.42 Å². The third-order valence-electron chi connectivity index (χ3n) is 3.80. The second-order valence-electron chi connectivity index (χ2n) is 5.28. The fourth-order valence-electron chi connectivity index (χ4n) is 2.74. The molecule has 1 saturated carbocycles. The van der Waals surface area contributed by atoms with Crippen LogP contribution in [0.3, 0.4) is 0 Å². The molecule has 100 valence electrons. The predicted octanol–water partition coefficient (Wildman–Crippen LogP) is 6.27. The molecule has 1 aromatic rings. The average molecular weight is 350 g/mol. The van der Waals surface area contributed by atoms with Gasteiger partial charge >= 0.3 is 0 Å². The summed E-state index contributed by atoms with van der Waals surface area (Å²) in [6.45, 7) is 0. The standard InChI is InChI=1S/C15H19BrCl2/c16-13(7-5-11-3-1-2-4-11)9-12-6-8-14(17)15(18)10-12/h6,8,10-11,13H,1-5,7,9H2. The molecule has 2 rings (SSSR count). The van der Waals surface area contributed by atoms with E-state index in [9.17, 15) is 0 Å². The molecule has 1 fully saturated rings. The highest BCUT2D eigenvalue weighted by molar-refractivity contribution is 9.09. The van der Waals surface area contributed by atoms with E-state index in [1.165, 1.54) is 44.1 Å². The van der Waals surface area contributed by atoms with Crippen LogP contribution in [0.4, 0.5) is 0 Å². The molecule has 0 N–H and O–H groups in total. The minimum atomic E-state index is 0.551. The van der Waals surface area contributed by atoms with Crippen LogP contribution in [0.1, 0.15) is 44.1 Å². The first-order valence-corrected chi connectivity index (χ1v) is 8.40. The molecule has 0 amide bonds. The second kappa shape index (κ2) is 7.17. The molecule has 0 spiro atoms. The molecule has 0 radical (unpaired) electrons. The lowest BCUT2D eigenvalue weighted by molar-refractivity contribution is 0.479. The van der Waals surface area contributed by atoms with Crippen LogP contribution >= 0.6 is 39.1 Å². The normalized spacial score (nSPS) is 18.2. The van der Waals surface area contributed by atoms with Gasteiger partial charge in [-0.1, -0.05) is 70.9 Å². The summed E-state index contributed by atoms with van der Waals surface area (Å²) in [5.74, 6) is 0.971. The molecule has 0 bridgehead atoms. The molecule has 0 aromatic heterocycles. The van der Waals surface area contributed by atoms with Gasteiger partial charge in [-0.25, -0.2) is 0 Å². The lowest BCUT2D eigenvalue weighted by Crippen LogP contribution is -2.05. The Hall–Kier alpha value is 0.280. The summed E-state index contributed by atoms with van der Waals surface area (Å²) in [7, 11) is 0. The molecule has 1 unspecified atom stereocenters. The zero-order valence-corrected chi connectivity index (χ0v) is 13.6. The molecule has 0 aliphatic heterocycles. The fourth-order valence-corrected chi connectivity index (χ4v) is 3.70. The molecule has 0 saturated heterocycles. The van der Waals surface area contributed by atoms with Crippen molar-refractivity contribution in [2.75, 3.05) is 0 Å². The Morgan fingerprint density at radius 1 is 1.17 bits per heavy atom. The van der Waals surface area contributed by atoms with Gasteiger partial charge in [-0.2, -0.15) is 0 Å². The van der Waals surface area contributed by atoms with Crippen molar-refractivity contribution >= 4 is 39.1 Å². The van der Waals surface area contributed by atoms with Gasteiger partial charge in [0.05, 0.1) is 10.0 Å². The molecular formula is C15H19BrCl2. The van der Waals surface area contributed by atoms with Crippen molar-refractivity contribution < 1.29 is 0 Å². The highest BCUT2D eigenvalue weighted by Gasteiger charge is 2.16. The van der Waals surface area contributed by atoms with Crippen molar-refractivity contribution in [3.8, 4) is 0 Å².